The number of hydrogen-bond acceptors (Lipinski definition) is 2. The summed E-state index contributed by atoms with van der Waals surface area (Å²) in [5, 5.41) is 0. The summed E-state index contributed by atoms with van der Waals surface area (Å²) in [7, 11) is 1.64. The Morgan fingerprint density at radius 2 is 1.58 bits per heavy atom. The molecule has 126 valence electrons. The summed E-state index contributed by atoms with van der Waals surface area (Å²) in [4.78, 5) is 26.2. The van der Waals surface area contributed by atoms with Gasteiger partial charge >= 0.3 is 0 Å². The molecule has 0 spiro atoms. The SMILES string of the molecule is CC(C)C[C@@H](C(N)=O)N(C)C(=O)c1ccccc1-c1ccccc1. The van der Waals surface area contributed by atoms with Crippen LogP contribution in [0.4, 0.5) is 0 Å². The van der Waals surface area contributed by atoms with E-state index >= 15 is 0 Å². The average molecular weight is 324 g/mol. The zero-order valence-corrected chi connectivity index (χ0v) is 14.4. The lowest BCUT2D eigenvalue weighted by Crippen LogP contribution is -2.46. The molecule has 0 radical (unpaired) electrons. The van der Waals surface area contributed by atoms with E-state index in [1.54, 1.807) is 13.1 Å². The van der Waals surface area contributed by atoms with Crippen LogP contribution in [-0.2, 0) is 4.79 Å². The number of primary amides is 1. The number of carbonyl (C=O) groups excluding carboxylic acids is 2. The molecule has 0 saturated carbocycles. The fourth-order valence-corrected chi connectivity index (χ4v) is 2.78. The molecule has 0 bridgehead atoms. The summed E-state index contributed by atoms with van der Waals surface area (Å²) in [5.41, 5.74) is 7.91. The molecule has 0 fully saturated rings. The van der Waals surface area contributed by atoms with Crippen LogP contribution < -0.4 is 5.73 Å². The zero-order chi connectivity index (χ0) is 17.7. The third-order valence-corrected chi connectivity index (χ3v) is 4.05. The second-order valence-electron chi connectivity index (χ2n) is 6.38. The fraction of sp³-hybridized carbons (Fsp3) is 0.300. The van der Waals surface area contributed by atoms with E-state index < -0.39 is 11.9 Å². The number of rotatable bonds is 6. The van der Waals surface area contributed by atoms with E-state index in [1.807, 2.05) is 62.4 Å². The molecule has 2 aromatic rings. The second kappa shape index (κ2) is 7.77. The molecule has 0 aliphatic rings. The highest BCUT2D eigenvalue weighted by molar-refractivity contribution is 6.02. The predicted octanol–water partition coefficient (Wildman–Crippen LogP) is 3.33. The van der Waals surface area contributed by atoms with Crippen LogP contribution in [0, 0.1) is 5.92 Å². The lowest BCUT2D eigenvalue weighted by atomic mass is 9.97. The van der Waals surface area contributed by atoms with Gasteiger partial charge in [-0.25, -0.2) is 0 Å². The molecule has 2 amide bonds. The Kier molecular flexibility index (Phi) is 5.74. The number of benzene rings is 2. The van der Waals surface area contributed by atoms with Gasteiger partial charge in [0.05, 0.1) is 0 Å². The maximum atomic E-state index is 13.0. The molecule has 2 aromatic carbocycles. The highest BCUT2D eigenvalue weighted by Crippen LogP contribution is 2.25. The van der Waals surface area contributed by atoms with Gasteiger partial charge < -0.3 is 10.6 Å². The molecule has 4 heteroatoms. The van der Waals surface area contributed by atoms with Gasteiger partial charge in [0, 0.05) is 12.6 Å². The molecule has 1 atom stereocenters. The molecule has 0 unspecified atom stereocenters. The molecule has 0 saturated heterocycles. The zero-order valence-electron chi connectivity index (χ0n) is 14.4. The third kappa shape index (κ3) is 4.02. The third-order valence-electron chi connectivity index (χ3n) is 4.05. The molecule has 0 aliphatic carbocycles. The van der Waals surface area contributed by atoms with Crippen molar-refractivity contribution in [2.75, 3.05) is 7.05 Å². The van der Waals surface area contributed by atoms with Gasteiger partial charge in [-0.2, -0.15) is 0 Å². The fourth-order valence-electron chi connectivity index (χ4n) is 2.78. The highest BCUT2D eigenvalue weighted by Gasteiger charge is 2.27. The minimum absolute atomic E-state index is 0.195. The van der Waals surface area contributed by atoms with Crippen LogP contribution in [0.5, 0.6) is 0 Å². The number of likely N-dealkylation sites (N-methyl/N-ethyl adjacent to an activating group) is 1. The van der Waals surface area contributed by atoms with Crippen molar-refractivity contribution >= 4 is 11.8 Å². The molecule has 24 heavy (non-hydrogen) atoms. The number of nitrogens with two attached hydrogens (primary N) is 1. The highest BCUT2D eigenvalue weighted by atomic mass is 16.2. The van der Waals surface area contributed by atoms with E-state index in [1.165, 1.54) is 4.90 Å². The number of nitrogens with zero attached hydrogens (tertiary/aromatic N) is 1. The van der Waals surface area contributed by atoms with Crippen molar-refractivity contribution in [3.63, 3.8) is 0 Å². The Bertz CT molecular complexity index is 711. The maximum absolute atomic E-state index is 13.0. The molecule has 0 aromatic heterocycles. The van der Waals surface area contributed by atoms with Crippen LogP contribution >= 0.6 is 0 Å². The first-order valence-corrected chi connectivity index (χ1v) is 8.12. The van der Waals surface area contributed by atoms with Gasteiger partial charge in [-0.3, -0.25) is 9.59 Å². The van der Waals surface area contributed by atoms with Crippen molar-refractivity contribution < 1.29 is 9.59 Å². The molecule has 2 rings (SSSR count). The van der Waals surface area contributed by atoms with Crippen molar-refractivity contribution in [1.29, 1.82) is 0 Å². The van der Waals surface area contributed by atoms with E-state index in [-0.39, 0.29) is 11.8 Å². The Balaban J connectivity index is 2.37. The quantitative estimate of drug-likeness (QED) is 0.886. The van der Waals surface area contributed by atoms with Crippen molar-refractivity contribution in [3.05, 3.63) is 60.2 Å². The van der Waals surface area contributed by atoms with Crippen molar-refractivity contribution in [2.45, 2.75) is 26.3 Å². The standard InChI is InChI=1S/C20H24N2O2/c1-14(2)13-18(19(21)23)22(3)20(24)17-12-8-7-11-16(17)15-9-5-4-6-10-15/h4-12,14,18H,13H2,1-3H3,(H2,21,23)/t18-/m0/s1. The van der Waals surface area contributed by atoms with E-state index in [0.29, 0.717) is 12.0 Å². The van der Waals surface area contributed by atoms with E-state index in [4.69, 9.17) is 5.73 Å². The van der Waals surface area contributed by atoms with Crippen molar-refractivity contribution in [2.24, 2.45) is 11.7 Å². The second-order valence-corrected chi connectivity index (χ2v) is 6.38. The van der Waals surface area contributed by atoms with Crippen molar-refractivity contribution in [1.82, 2.24) is 4.90 Å². The van der Waals surface area contributed by atoms with Crippen LogP contribution in [0.3, 0.4) is 0 Å². The number of hydrogen-bond donors (Lipinski definition) is 1. The smallest absolute Gasteiger partial charge is 0.254 e. The minimum atomic E-state index is -0.610. The number of carbonyl (C=O) groups is 2. The summed E-state index contributed by atoms with van der Waals surface area (Å²) in [5.74, 6) is -0.405. The van der Waals surface area contributed by atoms with E-state index in [9.17, 15) is 9.59 Å². The van der Waals surface area contributed by atoms with Crippen LogP contribution in [-0.4, -0.2) is 29.8 Å². The summed E-state index contributed by atoms with van der Waals surface area (Å²) in [6.45, 7) is 4.01. The topological polar surface area (TPSA) is 63.4 Å². The van der Waals surface area contributed by atoms with Gasteiger partial charge in [-0.05, 0) is 29.5 Å². The summed E-state index contributed by atoms with van der Waals surface area (Å²) in [6.07, 6.45) is 0.547. The van der Waals surface area contributed by atoms with Gasteiger partial charge in [0.25, 0.3) is 5.91 Å². The van der Waals surface area contributed by atoms with Gasteiger partial charge in [0.2, 0.25) is 5.91 Å². The predicted molar refractivity (Wildman–Crippen MR) is 96.4 cm³/mol. The van der Waals surface area contributed by atoms with Gasteiger partial charge in [-0.15, -0.1) is 0 Å². The Labute approximate surface area is 143 Å². The minimum Gasteiger partial charge on any atom is -0.368 e. The molecule has 0 heterocycles. The van der Waals surface area contributed by atoms with Crippen LogP contribution in [0.15, 0.2) is 54.6 Å². The summed E-state index contributed by atoms with van der Waals surface area (Å²) < 4.78 is 0. The first-order valence-electron chi connectivity index (χ1n) is 8.12. The average Bonchev–Trinajstić information content (AvgIpc) is 2.59. The lowest BCUT2D eigenvalue weighted by Gasteiger charge is -2.27. The summed E-state index contributed by atoms with van der Waals surface area (Å²) in [6, 6.07) is 16.6. The van der Waals surface area contributed by atoms with Crippen LogP contribution in [0.2, 0.25) is 0 Å². The molecule has 0 aliphatic heterocycles. The maximum Gasteiger partial charge on any atom is 0.254 e. The molecule has 2 N–H and O–H groups in total. The molecular weight excluding hydrogens is 300 g/mol. The Morgan fingerprint density at radius 1 is 1.00 bits per heavy atom. The largest absolute Gasteiger partial charge is 0.368 e. The van der Waals surface area contributed by atoms with Crippen LogP contribution in [0.25, 0.3) is 11.1 Å². The van der Waals surface area contributed by atoms with E-state index in [0.717, 1.165) is 11.1 Å². The van der Waals surface area contributed by atoms with Crippen molar-refractivity contribution in [3.8, 4) is 11.1 Å². The monoisotopic (exact) mass is 324 g/mol. The normalized spacial score (nSPS) is 12.0. The Morgan fingerprint density at radius 3 is 2.17 bits per heavy atom. The molecular formula is C20H24N2O2. The number of amides is 2. The Hall–Kier alpha value is -2.62. The molecule has 4 nitrogen and oxygen atoms in total. The summed E-state index contributed by atoms with van der Waals surface area (Å²) >= 11 is 0. The van der Waals surface area contributed by atoms with E-state index in [2.05, 4.69) is 0 Å². The lowest BCUT2D eigenvalue weighted by molar-refractivity contribution is -0.122. The van der Waals surface area contributed by atoms with Gasteiger partial charge in [-0.1, -0.05) is 62.4 Å². The first-order chi connectivity index (χ1) is 11.4. The first kappa shape index (κ1) is 17.7. The van der Waals surface area contributed by atoms with Crippen LogP contribution in [0.1, 0.15) is 30.6 Å². The van der Waals surface area contributed by atoms with Gasteiger partial charge in [0.1, 0.15) is 6.04 Å². The van der Waals surface area contributed by atoms with Gasteiger partial charge in [0.15, 0.2) is 0 Å².